The molecule has 7 heteroatoms. The number of rotatable bonds is 2. The minimum atomic E-state index is -3.62. The maximum atomic E-state index is 12.5. The Balaban J connectivity index is 2.41. The molecule has 0 aromatic heterocycles. The van der Waals surface area contributed by atoms with E-state index in [1.54, 1.807) is 6.07 Å². The standard InChI is InChI=1S/C11H14Cl2N2O2S/c12-9-3-1-4-10(13)11(9)18(16,17)15-7-2-5-14-6-8-15/h1,3-4,14H,2,5-8H2. The highest BCUT2D eigenvalue weighted by atomic mass is 35.5. The first-order valence-electron chi connectivity index (χ1n) is 5.68. The fraction of sp³-hybridized carbons (Fsp3) is 0.455. The molecule has 4 nitrogen and oxygen atoms in total. The first-order chi connectivity index (χ1) is 8.53. The van der Waals surface area contributed by atoms with Crippen LogP contribution in [0, 0.1) is 0 Å². The Morgan fingerprint density at radius 3 is 2.44 bits per heavy atom. The molecular formula is C11H14Cl2N2O2S. The number of sulfonamides is 1. The van der Waals surface area contributed by atoms with E-state index in [9.17, 15) is 8.42 Å². The predicted molar refractivity (Wildman–Crippen MR) is 72.7 cm³/mol. The number of hydrogen-bond acceptors (Lipinski definition) is 3. The second-order valence-electron chi connectivity index (χ2n) is 4.06. The van der Waals surface area contributed by atoms with Gasteiger partial charge < -0.3 is 5.32 Å². The topological polar surface area (TPSA) is 49.4 Å². The van der Waals surface area contributed by atoms with Gasteiger partial charge in [0.1, 0.15) is 4.90 Å². The van der Waals surface area contributed by atoms with Crippen LogP contribution < -0.4 is 5.32 Å². The summed E-state index contributed by atoms with van der Waals surface area (Å²) < 4.78 is 26.5. The molecule has 1 heterocycles. The van der Waals surface area contributed by atoms with E-state index < -0.39 is 10.0 Å². The van der Waals surface area contributed by atoms with Crippen LogP contribution in [0.1, 0.15) is 6.42 Å². The molecule has 1 saturated heterocycles. The van der Waals surface area contributed by atoms with Gasteiger partial charge in [-0.15, -0.1) is 0 Å². The Labute approximate surface area is 117 Å². The Morgan fingerprint density at radius 2 is 1.78 bits per heavy atom. The quantitative estimate of drug-likeness (QED) is 0.909. The fourth-order valence-corrected chi connectivity index (χ4v) is 4.49. The van der Waals surface area contributed by atoms with Gasteiger partial charge in [-0.25, -0.2) is 8.42 Å². The summed E-state index contributed by atoms with van der Waals surface area (Å²) >= 11 is 11.9. The van der Waals surface area contributed by atoms with Crippen LogP contribution in [0.4, 0.5) is 0 Å². The van der Waals surface area contributed by atoms with Crippen LogP contribution in [0.15, 0.2) is 23.1 Å². The molecule has 18 heavy (non-hydrogen) atoms. The van der Waals surface area contributed by atoms with E-state index in [-0.39, 0.29) is 14.9 Å². The lowest BCUT2D eigenvalue weighted by Crippen LogP contribution is -2.34. The number of hydrogen-bond donors (Lipinski definition) is 1. The molecule has 0 unspecified atom stereocenters. The lowest BCUT2D eigenvalue weighted by Gasteiger charge is -2.20. The van der Waals surface area contributed by atoms with Crippen LogP contribution in [-0.4, -0.2) is 38.9 Å². The summed E-state index contributed by atoms with van der Waals surface area (Å²) in [5, 5.41) is 3.49. The summed E-state index contributed by atoms with van der Waals surface area (Å²) in [6.45, 7) is 2.38. The van der Waals surface area contributed by atoms with Crippen molar-refractivity contribution in [1.29, 1.82) is 0 Å². The molecule has 0 saturated carbocycles. The van der Waals surface area contributed by atoms with Crippen LogP contribution in [0.3, 0.4) is 0 Å². The van der Waals surface area contributed by atoms with Crippen LogP contribution in [0.25, 0.3) is 0 Å². The monoisotopic (exact) mass is 308 g/mol. The Hall–Kier alpha value is -0.330. The van der Waals surface area contributed by atoms with E-state index in [1.165, 1.54) is 16.4 Å². The van der Waals surface area contributed by atoms with Crippen molar-refractivity contribution >= 4 is 33.2 Å². The van der Waals surface area contributed by atoms with Gasteiger partial charge in [0, 0.05) is 19.6 Å². The van der Waals surface area contributed by atoms with E-state index in [0.717, 1.165) is 13.0 Å². The van der Waals surface area contributed by atoms with Crippen molar-refractivity contribution in [3.05, 3.63) is 28.2 Å². The van der Waals surface area contributed by atoms with Crippen molar-refractivity contribution in [1.82, 2.24) is 9.62 Å². The van der Waals surface area contributed by atoms with Gasteiger partial charge in [-0.3, -0.25) is 0 Å². The summed E-state index contributed by atoms with van der Waals surface area (Å²) in [6.07, 6.45) is 0.779. The van der Waals surface area contributed by atoms with Crippen LogP contribution in [-0.2, 0) is 10.0 Å². The third kappa shape index (κ3) is 2.81. The van der Waals surface area contributed by atoms with Gasteiger partial charge in [0.25, 0.3) is 0 Å². The van der Waals surface area contributed by atoms with Crippen LogP contribution in [0.2, 0.25) is 10.0 Å². The minimum absolute atomic E-state index is 0.00948. The van der Waals surface area contributed by atoms with Crippen LogP contribution >= 0.6 is 23.2 Å². The lowest BCUT2D eigenvalue weighted by molar-refractivity contribution is 0.432. The highest BCUT2D eigenvalue weighted by Crippen LogP contribution is 2.31. The number of nitrogens with zero attached hydrogens (tertiary/aromatic N) is 1. The van der Waals surface area contributed by atoms with E-state index in [1.807, 2.05) is 0 Å². The third-order valence-corrected chi connectivity index (χ3v) is 5.67. The van der Waals surface area contributed by atoms with Crippen molar-refractivity contribution < 1.29 is 8.42 Å². The molecule has 2 rings (SSSR count). The molecule has 0 atom stereocenters. The Bertz CT molecular complexity index is 506. The predicted octanol–water partition coefficient (Wildman–Crippen LogP) is 1.98. The van der Waals surface area contributed by atoms with Gasteiger partial charge in [0.15, 0.2) is 0 Å². The second-order valence-corrected chi connectivity index (χ2v) is 6.75. The van der Waals surface area contributed by atoms with Gasteiger partial charge in [-0.1, -0.05) is 29.3 Å². The summed E-state index contributed by atoms with van der Waals surface area (Å²) in [6, 6.07) is 4.71. The van der Waals surface area contributed by atoms with Gasteiger partial charge in [0.05, 0.1) is 10.0 Å². The number of nitrogens with one attached hydrogen (secondary N) is 1. The van der Waals surface area contributed by atoms with Gasteiger partial charge >= 0.3 is 0 Å². The molecule has 1 aromatic carbocycles. The van der Waals surface area contributed by atoms with Crippen molar-refractivity contribution in [2.45, 2.75) is 11.3 Å². The first kappa shape index (κ1) is 14.1. The molecule has 0 aliphatic carbocycles. The smallest absolute Gasteiger partial charge is 0.246 e. The van der Waals surface area contributed by atoms with Crippen molar-refractivity contribution in [2.24, 2.45) is 0 Å². The maximum Gasteiger partial charge on any atom is 0.246 e. The molecule has 0 radical (unpaired) electrons. The van der Waals surface area contributed by atoms with Crippen molar-refractivity contribution in [3.63, 3.8) is 0 Å². The van der Waals surface area contributed by atoms with E-state index >= 15 is 0 Å². The normalized spacial score (nSPS) is 18.6. The zero-order valence-corrected chi connectivity index (χ0v) is 12.0. The highest BCUT2D eigenvalue weighted by Gasteiger charge is 2.29. The molecule has 0 bridgehead atoms. The zero-order valence-electron chi connectivity index (χ0n) is 9.70. The Morgan fingerprint density at radius 1 is 1.11 bits per heavy atom. The molecular weight excluding hydrogens is 295 g/mol. The lowest BCUT2D eigenvalue weighted by atomic mass is 10.4. The van der Waals surface area contributed by atoms with Crippen LogP contribution in [0.5, 0.6) is 0 Å². The number of halogens is 2. The molecule has 1 aromatic rings. The molecule has 0 amide bonds. The summed E-state index contributed by atoms with van der Waals surface area (Å²) in [5.41, 5.74) is 0. The SMILES string of the molecule is O=S(=O)(c1c(Cl)cccc1Cl)N1CCCNCC1. The highest BCUT2D eigenvalue weighted by molar-refractivity contribution is 7.89. The minimum Gasteiger partial charge on any atom is -0.315 e. The van der Waals surface area contributed by atoms with E-state index in [0.29, 0.717) is 19.6 Å². The molecule has 1 N–H and O–H groups in total. The second kappa shape index (κ2) is 5.75. The summed E-state index contributed by atoms with van der Waals surface area (Å²) in [7, 11) is -3.62. The molecule has 1 aliphatic rings. The molecule has 1 fully saturated rings. The first-order valence-corrected chi connectivity index (χ1v) is 7.88. The van der Waals surface area contributed by atoms with E-state index in [4.69, 9.17) is 23.2 Å². The zero-order chi connectivity index (χ0) is 13.2. The largest absolute Gasteiger partial charge is 0.315 e. The molecule has 0 spiro atoms. The third-order valence-electron chi connectivity index (χ3n) is 2.82. The van der Waals surface area contributed by atoms with Gasteiger partial charge in [-0.05, 0) is 25.1 Å². The van der Waals surface area contributed by atoms with Crippen molar-refractivity contribution in [3.8, 4) is 0 Å². The average Bonchev–Trinajstić information content (AvgIpc) is 2.57. The summed E-state index contributed by atoms with van der Waals surface area (Å²) in [5.74, 6) is 0. The van der Waals surface area contributed by atoms with Gasteiger partial charge in [0.2, 0.25) is 10.0 Å². The average molecular weight is 309 g/mol. The van der Waals surface area contributed by atoms with Gasteiger partial charge in [-0.2, -0.15) is 4.31 Å². The summed E-state index contributed by atoms with van der Waals surface area (Å²) in [4.78, 5) is 0.00948. The maximum absolute atomic E-state index is 12.5. The van der Waals surface area contributed by atoms with E-state index in [2.05, 4.69) is 5.32 Å². The molecule has 1 aliphatic heterocycles. The fourth-order valence-electron chi connectivity index (χ4n) is 1.92. The van der Waals surface area contributed by atoms with Crippen molar-refractivity contribution in [2.75, 3.05) is 26.2 Å². The number of benzene rings is 1. The Kier molecular flexibility index (Phi) is 4.50. The molecule has 100 valence electrons.